The molecule has 0 spiro atoms. The number of hydrogen-bond acceptors (Lipinski definition) is 2. The molecule has 2 aromatic rings. The van der Waals surface area contributed by atoms with Crippen LogP contribution in [-0.2, 0) is 0 Å². The van der Waals surface area contributed by atoms with Gasteiger partial charge < -0.3 is 4.90 Å². The molecule has 0 aliphatic carbocycles. The van der Waals surface area contributed by atoms with E-state index in [1.807, 2.05) is 55.4 Å². The van der Waals surface area contributed by atoms with E-state index in [0.717, 1.165) is 21.6 Å². The van der Waals surface area contributed by atoms with E-state index in [1.54, 1.807) is 0 Å². The average molecular weight is 267 g/mol. The topological polar surface area (TPSA) is 3.24 Å². The highest BCUT2D eigenvalue weighted by Gasteiger charge is 2.10. The molecule has 2 rings (SSSR count). The number of rotatable bonds is 4. The third-order valence-corrected chi connectivity index (χ3v) is 3.21. The van der Waals surface area contributed by atoms with Crippen LogP contribution in [0, 0.1) is 0 Å². The molecule has 0 aromatic heterocycles. The Morgan fingerprint density at radius 3 is 1.79 bits per heavy atom. The molecule has 96 valence electrons. The van der Waals surface area contributed by atoms with Crippen LogP contribution in [0.5, 0.6) is 0 Å². The predicted molar refractivity (Wildman–Crippen MR) is 86.2 cm³/mol. The van der Waals surface area contributed by atoms with E-state index < -0.39 is 0 Å². The molecule has 2 aromatic carbocycles. The Balaban J connectivity index is 2.43. The van der Waals surface area contributed by atoms with Gasteiger partial charge in [-0.3, -0.25) is 0 Å². The van der Waals surface area contributed by atoms with Crippen LogP contribution in [0.2, 0.25) is 0 Å². The molecule has 0 N–H and O–H groups in total. The summed E-state index contributed by atoms with van der Waals surface area (Å²) in [5.41, 5.74) is 3.30. The van der Waals surface area contributed by atoms with Crippen molar-refractivity contribution in [2.45, 2.75) is 0 Å². The second-order valence-electron chi connectivity index (χ2n) is 4.57. The van der Waals surface area contributed by atoms with Gasteiger partial charge in [0.2, 0.25) is 0 Å². The van der Waals surface area contributed by atoms with Crippen molar-refractivity contribution in [2.24, 2.45) is 0 Å². The van der Waals surface area contributed by atoms with Crippen molar-refractivity contribution in [3.63, 3.8) is 0 Å². The van der Waals surface area contributed by atoms with Gasteiger partial charge in [-0.15, -0.1) is 0 Å². The Bertz CT molecular complexity index is 571. The average Bonchev–Trinajstić information content (AvgIpc) is 2.46. The monoisotopic (exact) mass is 267 g/mol. The lowest BCUT2D eigenvalue weighted by atomic mass is 9.98. The third-order valence-electron chi connectivity index (χ3n) is 2.75. The zero-order valence-electron chi connectivity index (χ0n) is 11.2. The molecule has 19 heavy (non-hydrogen) atoms. The number of nitrogens with zero attached hydrogens (tertiary/aromatic N) is 1. The quantitative estimate of drug-likeness (QED) is 0.468. The van der Waals surface area contributed by atoms with E-state index in [4.69, 9.17) is 12.2 Å². The van der Waals surface area contributed by atoms with Crippen LogP contribution >= 0.6 is 12.2 Å². The van der Waals surface area contributed by atoms with E-state index in [9.17, 15) is 0 Å². The van der Waals surface area contributed by atoms with Gasteiger partial charge in [-0.2, -0.15) is 0 Å². The normalized spacial score (nSPS) is 11.2. The lowest BCUT2D eigenvalue weighted by Gasteiger charge is -2.14. The first-order chi connectivity index (χ1) is 9.18. The fraction of sp³-hybridized carbons (Fsp3) is 0.118. The molecule has 0 amide bonds. The minimum atomic E-state index is 0.875. The number of allylic oxidation sites excluding steroid dienone is 1. The zero-order chi connectivity index (χ0) is 13.7. The summed E-state index contributed by atoms with van der Waals surface area (Å²) in [6.07, 6.45) is 2.07. The van der Waals surface area contributed by atoms with Gasteiger partial charge in [-0.1, -0.05) is 72.9 Å². The lowest BCUT2D eigenvalue weighted by molar-refractivity contribution is 0.566. The van der Waals surface area contributed by atoms with E-state index in [-0.39, 0.29) is 0 Å². The summed E-state index contributed by atoms with van der Waals surface area (Å²) in [6.45, 7) is 0. The van der Waals surface area contributed by atoms with Crippen molar-refractivity contribution < 1.29 is 0 Å². The summed E-state index contributed by atoms with van der Waals surface area (Å²) >= 11 is 5.65. The van der Waals surface area contributed by atoms with E-state index in [0.29, 0.717) is 0 Å². The Morgan fingerprint density at radius 1 is 0.842 bits per heavy atom. The fourth-order valence-electron chi connectivity index (χ4n) is 1.89. The van der Waals surface area contributed by atoms with Crippen molar-refractivity contribution in [3.05, 3.63) is 78.0 Å². The van der Waals surface area contributed by atoms with Gasteiger partial charge in [0, 0.05) is 25.9 Å². The van der Waals surface area contributed by atoms with E-state index in [1.165, 1.54) is 0 Å². The van der Waals surface area contributed by atoms with Gasteiger partial charge in [-0.25, -0.2) is 0 Å². The molecule has 0 aliphatic rings. The van der Waals surface area contributed by atoms with Crippen LogP contribution in [0.15, 0.2) is 66.9 Å². The Kier molecular flexibility index (Phi) is 4.48. The largest absolute Gasteiger partial charge is 0.383 e. The molecule has 0 bridgehead atoms. The Hall–Kier alpha value is -1.93. The second kappa shape index (κ2) is 6.30. The first kappa shape index (κ1) is 13.5. The van der Waals surface area contributed by atoms with Gasteiger partial charge in [-0.05, 0) is 11.1 Å². The third kappa shape index (κ3) is 3.52. The van der Waals surface area contributed by atoms with Gasteiger partial charge >= 0.3 is 0 Å². The van der Waals surface area contributed by atoms with Crippen LogP contribution in [0.1, 0.15) is 11.1 Å². The van der Waals surface area contributed by atoms with E-state index in [2.05, 4.69) is 30.5 Å². The molecular formula is C17H17NS. The van der Waals surface area contributed by atoms with Gasteiger partial charge in [0.25, 0.3) is 0 Å². The molecule has 1 nitrogen and oxygen atoms in total. The molecule has 0 saturated heterocycles. The summed E-state index contributed by atoms with van der Waals surface area (Å²) in [5, 5.41) is 0. The van der Waals surface area contributed by atoms with Crippen molar-refractivity contribution >= 4 is 22.7 Å². The predicted octanol–water partition coefficient (Wildman–Crippen LogP) is 4.01. The highest BCUT2D eigenvalue weighted by atomic mass is 32.1. The molecule has 0 atom stereocenters. The van der Waals surface area contributed by atoms with Crippen LogP contribution in [0.3, 0.4) is 0 Å². The Morgan fingerprint density at radius 2 is 1.32 bits per heavy atom. The minimum absolute atomic E-state index is 0.875. The van der Waals surface area contributed by atoms with Gasteiger partial charge in [0.15, 0.2) is 0 Å². The van der Waals surface area contributed by atoms with Crippen molar-refractivity contribution in [1.29, 1.82) is 0 Å². The maximum Gasteiger partial charge on any atom is 0.0542 e. The summed E-state index contributed by atoms with van der Waals surface area (Å²) < 4.78 is 0. The molecule has 2 heteroatoms. The summed E-state index contributed by atoms with van der Waals surface area (Å²) in [6, 6.07) is 20.4. The van der Waals surface area contributed by atoms with Crippen molar-refractivity contribution in [3.8, 4) is 0 Å². The maximum atomic E-state index is 5.65. The van der Waals surface area contributed by atoms with Crippen LogP contribution in [0.25, 0.3) is 5.57 Å². The smallest absolute Gasteiger partial charge is 0.0542 e. The molecule has 0 aliphatic heterocycles. The molecular weight excluding hydrogens is 250 g/mol. The van der Waals surface area contributed by atoms with Crippen LogP contribution < -0.4 is 0 Å². The summed E-state index contributed by atoms with van der Waals surface area (Å²) in [4.78, 5) is 2.90. The molecule has 0 unspecified atom stereocenters. The minimum Gasteiger partial charge on any atom is -0.383 e. The molecule has 0 heterocycles. The first-order valence-corrected chi connectivity index (χ1v) is 6.63. The Labute approximate surface area is 120 Å². The number of hydrogen-bond donors (Lipinski definition) is 0. The SMILES string of the molecule is CN(C)C=C(C(=S)c1ccccc1)c1ccccc1. The van der Waals surface area contributed by atoms with Crippen molar-refractivity contribution in [2.75, 3.05) is 14.1 Å². The first-order valence-electron chi connectivity index (χ1n) is 6.22. The van der Waals surface area contributed by atoms with Crippen LogP contribution in [0.4, 0.5) is 0 Å². The van der Waals surface area contributed by atoms with Crippen molar-refractivity contribution in [1.82, 2.24) is 4.90 Å². The van der Waals surface area contributed by atoms with E-state index >= 15 is 0 Å². The van der Waals surface area contributed by atoms with Crippen LogP contribution in [-0.4, -0.2) is 23.9 Å². The highest BCUT2D eigenvalue weighted by Crippen LogP contribution is 2.21. The molecule has 0 radical (unpaired) electrons. The molecule has 0 fully saturated rings. The number of benzene rings is 2. The second-order valence-corrected chi connectivity index (χ2v) is 4.98. The lowest BCUT2D eigenvalue weighted by Crippen LogP contribution is -2.08. The van der Waals surface area contributed by atoms with Gasteiger partial charge in [0.05, 0.1) is 4.86 Å². The number of thiocarbonyl (C=S) groups is 1. The fourth-order valence-corrected chi connectivity index (χ4v) is 2.19. The maximum absolute atomic E-state index is 5.65. The molecule has 0 saturated carbocycles. The standard InChI is InChI=1S/C17H17NS/c1-18(2)13-16(14-9-5-3-6-10-14)17(19)15-11-7-4-8-12-15/h3-13H,1-2H3. The summed E-state index contributed by atoms with van der Waals surface area (Å²) in [7, 11) is 4.02. The summed E-state index contributed by atoms with van der Waals surface area (Å²) in [5.74, 6) is 0. The van der Waals surface area contributed by atoms with Gasteiger partial charge in [0.1, 0.15) is 0 Å². The highest BCUT2D eigenvalue weighted by molar-refractivity contribution is 7.81. The zero-order valence-corrected chi connectivity index (χ0v) is 12.0.